The van der Waals surface area contributed by atoms with Gasteiger partial charge in [-0.15, -0.1) is 5.10 Å². The van der Waals surface area contributed by atoms with E-state index in [1.807, 2.05) is 0 Å². The van der Waals surface area contributed by atoms with E-state index < -0.39 is 11.9 Å². The summed E-state index contributed by atoms with van der Waals surface area (Å²) in [6.07, 6.45) is 0. The number of benzene rings is 1. The Bertz CT molecular complexity index is 653. The van der Waals surface area contributed by atoms with Gasteiger partial charge >= 0.3 is 5.97 Å². The largest absolute Gasteiger partial charge is 0.478 e. The molecule has 1 amide bonds. The van der Waals surface area contributed by atoms with E-state index in [4.69, 9.17) is 5.11 Å². The normalized spacial score (nSPS) is 10.2. The van der Waals surface area contributed by atoms with Crippen LogP contribution in [-0.2, 0) is 0 Å². The van der Waals surface area contributed by atoms with Crippen molar-refractivity contribution in [1.29, 1.82) is 0 Å². The third-order valence-corrected chi connectivity index (χ3v) is 2.95. The molecular weight excluding hydrogens is 316 g/mol. The fraction of sp³-hybridized carbons (Fsp3) is 0.0909. The predicted octanol–water partition coefficient (Wildman–Crippen LogP) is 1.83. The molecule has 0 fully saturated rings. The molecular formula is C11H9BrN4O3. The van der Waals surface area contributed by atoms with Crippen LogP contribution in [0.1, 0.15) is 26.8 Å². The lowest BCUT2D eigenvalue weighted by Crippen LogP contribution is -2.14. The van der Waals surface area contributed by atoms with Gasteiger partial charge in [0.1, 0.15) is 5.82 Å². The summed E-state index contributed by atoms with van der Waals surface area (Å²) < 4.78 is 0.568. The molecule has 2 aromatic rings. The number of carboxylic acid groups (broad SMARTS) is 1. The number of carboxylic acids is 1. The lowest BCUT2D eigenvalue weighted by molar-refractivity contribution is 0.0696. The number of aromatic carboxylic acids is 1. The summed E-state index contributed by atoms with van der Waals surface area (Å²) in [7, 11) is 0. The van der Waals surface area contributed by atoms with Crippen LogP contribution in [0.3, 0.4) is 0 Å². The molecule has 7 nitrogen and oxygen atoms in total. The topological polar surface area (TPSA) is 108 Å². The SMILES string of the molecule is Cc1nc(C(=O)Nc2cc(C(=O)O)ccc2Br)n[nH]1. The van der Waals surface area contributed by atoms with Crippen molar-refractivity contribution >= 4 is 33.5 Å². The van der Waals surface area contributed by atoms with Crippen LogP contribution in [0, 0.1) is 6.92 Å². The van der Waals surface area contributed by atoms with Crippen molar-refractivity contribution in [2.75, 3.05) is 5.32 Å². The number of nitrogens with zero attached hydrogens (tertiary/aromatic N) is 2. The van der Waals surface area contributed by atoms with Crippen molar-refractivity contribution in [1.82, 2.24) is 15.2 Å². The number of carbonyl (C=O) groups is 2. The summed E-state index contributed by atoms with van der Waals surface area (Å²) in [5.74, 6) is -1.09. The molecule has 0 aliphatic heterocycles. The Morgan fingerprint density at radius 3 is 2.74 bits per heavy atom. The van der Waals surface area contributed by atoms with Crippen LogP contribution >= 0.6 is 15.9 Å². The van der Waals surface area contributed by atoms with Crippen LogP contribution < -0.4 is 5.32 Å². The van der Waals surface area contributed by atoms with Gasteiger partial charge < -0.3 is 10.4 Å². The summed E-state index contributed by atoms with van der Waals surface area (Å²) >= 11 is 3.23. The minimum absolute atomic E-state index is 0.00914. The molecule has 19 heavy (non-hydrogen) atoms. The van der Waals surface area contributed by atoms with Crippen LogP contribution in [-0.4, -0.2) is 32.2 Å². The smallest absolute Gasteiger partial charge is 0.335 e. The van der Waals surface area contributed by atoms with Crippen molar-refractivity contribution in [2.24, 2.45) is 0 Å². The van der Waals surface area contributed by atoms with Crippen molar-refractivity contribution in [2.45, 2.75) is 6.92 Å². The number of nitrogens with one attached hydrogen (secondary N) is 2. The van der Waals surface area contributed by atoms with Gasteiger partial charge in [0.15, 0.2) is 0 Å². The van der Waals surface area contributed by atoms with Crippen LogP contribution in [0.5, 0.6) is 0 Å². The first kappa shape index (κ1) is 13.2. The summed E-state index contributed by atoms with van der Waals surface area (Å²) in [5, 5.41) is 17.7. The second kappa shape index (κ2) is 5.19. The molecule has 0 saturated carbocycles. The molecule has 1 aromatic heterocycles. The maximum Gasteiger partial charge on any atom is 0.335 e. The first-order chi connectivity index (χ1) is 8.97. The number of amides is 1. The molecule has 1 aromatic carbocycles. The molecule has 2 rings (SSSR count). The number of aromatic amines is 1. The zero-order valence-corrected chi connectivity index (χ0v) is 11.4. The van der Waals surface area contributed by atoms with Gasteiger partial charge in [-0.2, -0.15) is 0 Å². The average molecular weight is 325 g/mol. The Kier molecular flexibility index (Phi) is 3.61. The Morgan fingerprint density at radius 2 is 2.16 bits per heavy atom. The zero-order valence-electron chi connectivity index (χ0n) is 9.77. The number of hydrogen-bond acceptors (Lipinski definition) is 4. The summed E-state index contributed by atoms with van der Waals surface area (Å²) in [5.41, 5.74) is 0.414. The highest BCUT2D eigenvalue weighted by atomic mass is 79.9. The van der Waals surface area contributed by atoms with Crippen molar-refractivity contribution in [3.63, 3.8) is 0 Å². The highest BCUT2D eigenvalue weighted by molar-refractivity contribution is 9.10. The zero-order chi connectivity index (χ0) is 14.0. The van der Waals surface area contributed by atoms with Gasteiger partial charge in [0.25, 0.3) is 5.91 Å². The fourth-order valence-corrected chi connectivity index (χ4v) is 1.72. The van der Waals surface area contributed by atoms with E-state index >= 15 is 0 Å². The average Bonchev–Trinajstić information content (AvgIpc) is 2.78. The van der Waals surface area contributed by atoms with Crippen LogP contribution in [0.25, 0.3) is 0 Å². The number of aromatic nitrogens is 3. The van der Waals surface area contributed by atoms with Crippen molar-refractivity contribution in [3.8, 4) is 0 Å². The quantitative estimate of drug-likeness (QED) is 0.798. The van der Waals surface area contributed by atoms with Gasteiger partial charge in [-0.05, 0) is 41.1 Å². The minimum Gasteiger partial charge on any atom is -0.478 e. The number of H-pyrrole nitrogens is 1. The number of hydrogen-bond donors (Lipinski definition) is 3. The minimum atomic E-state index is -1.07. The Balaban J connectivity index is 2.25. The molecule has 0 atom stereocenters. The highest BCUT2D eigenvalue weighted by Gasteiger charge is 2.14. The number of aryl methyl sites for hydroxylation is 1. The van der Waals surface area contributed by atoms with Gasteiger partial charge in [-0.1, -0.05) is 0 Å². The molecule has 0 radical (unpaired) electrons. The van der Waals surface area contributed by atoms with Crippen LogP contribution in [0.15, 0.2) is 22.7 Å². The van der Waals surface area contributed by atoms with Crippen LogP contribution in [0.2, 0.25) is 0 Å². The lowest BCUT2D eigenvalue weighted by Gasteiger charge is -2.06. The summed E-state index contributed by atoms with van der Waals surface area (Å²) in [4.78, 5) is 26.6. The lowest BCUT2D eigenvalue weighted by atomic mass is 10.2. The molecule has 0 spiro atoms. The molecule has 98 valence electrons. The van der Waals surface area contributed by atoms with E-state index in [9.17, 15) is 9.59 Å². The molecule has 8 heteroatoms. The molecule has 0 bridgehead atoms. The van der Waals surface area contributed by atoms with E-state index in [2.05, 4.69) is 36.4 Å². The molecule has 0 aliphatic carbocycles. The third-order valence-electron chi connectivity index (χ3n) is 2.26. The maximum absolute atomic E-state index is 11.8. The fourth-order valence-electron chi connectivity index (χ4n) is 1.38. The number of carbonyl (C=O) groups excluding carboxylic acids is 1. The van der Waals surface area contributed by atoms with Gasteiger partial charge in [0.2, 0.25) is 5.82 Å². The molecule has 3 N–H and O–H groups in total. The van der Waals surface area contributed by atoms with Gasteiger partial charge in [0.05, 0.1) is 11.3 Å². The van der Waals surface area contributed by atoms with E-state index in [1.54, 1.807) is 13.0 Å². The standard InChI is InChI=1S/C11H9BrN4O3/c1-5-13-9(16-15-5)10(17)14-8-4-6(11(18)19)2-3-7(8)12/h2-4H,1H3,(H,14,17)(H,18,19)(H,13,15,16). The number of anilines is 1. The van der Waals surface area contributed by atoms with E-state index in [0.717, 1.165) is 0 Å². The Hall–Kier alpha value is -2.22. The predicted molar refractivity (Wildman–Crippen MR) is 70.2 cm³/mol. The van der Waals surface area contributed by atoms with Gasteiger partial charge in [-0.25, -0.2) is 9.78 Å². The first-order valence-corrected chi connectivity index (χ1v) is 6.00. The summed E-state index contributed by atoms with van der Waals surface area (Å²) in [6, 6.07) is 4.32. The molecule has 0 unspecified atom stereocenters. The number of rotatable bonds is 3. The Labute approximate surface area is 116 Å². The summed E-state index contributed by atoms with van der Waals surface area (Å²) in [6.45, 7) is 1.67. The molecule has 0 aliphatic rings. The van der Waals surface area contributed by atoms with Crippen molar-refractivity contribution < 1.29 is 14.7 Å². The highest BCUT2D eigenvalue weighted by Crippen LogP contribution is 2.24. The first-order valence-electron chi connectivity index (χ1n) is 5.20. The molecule has 0 saturated heterocycles. The van der Waals surface area contributed by atoms with Gasteiger partial charge in [-0.3, -0.25) is 9.89 Å². The van der Waals surface area contributed by atoms with Gasteiger partial charge in [0, 0.05) is 4.47 Å². The van der Waals surface area contributed by atoms with E-state index in [0.29, 0.717) is 16.0 Å². The second-order valence-corrected chi connectivity index (χ2v) is 4.55. The monoisotopic (exact) mass is 324 g/mol. The maximum atomic E-state index is 11.8. The molecule has 1 heterocycles. The van der Waals surface area contributed by atoms with Crippen molar-refractivity contribution in [3.05, 3.63) is 39.9 Å². The van der Waals surface area contributed by atoms with E-state index in [1.165, 1.54) is 12.1 Å². The van der Waals surface area contributed by atoms with E-state index in [-0.39, 0.29) is 11.4 Å². The van der Waals surface area contributed by atoms with Crippen LogP contribution in [0.4, 0.5) is 5.69 Å². The number of halogens is 1. The third kappa shape index (κ3) is 2.97. The second-order valence-electron chi connectivity index (χ2n) is 3.70. The Morgan fingerprint density at radius 1 is 1.42 bits per heavy atom.